The summed E-state index contributed by atoms with van der Waals surface area (Å²) < 4.78 is 0. The van der Waals surface area contributed by atoms with Crippen LogP contribution in [0.1, 0.15) is 30.0 Å². The normalized spacial score (nSPS) is 13.4. The number of hydrogen-bond acceptors (Lipinski definition) is 4. The third-order valence-electron chi connectivity index (χ3n) is 4.43. The zero-order valence-corrected chi connectivity index (χ0v) is 15.4. The Bertz CT molecular complexity index is 984. The lowest BCUT2D eigenvalue weighted by Crippen LogP contribution is -2.13. The number of nitrogens with two attached hydrogens (primary N) is 1. The van der Waals surface area contributed by atoms with Crippen molar-refractivity contribution < 1.29 is 4.79 Å². The van der Waals surface area contributed by atoms with Crippen molar-refractivity contribution in [3.05, 3.63) is 70.9 Å². The number of aromatic nitrogens is 2. The van der Waals surface area contributed by atoms with Gasteiger partial charge in [0.15, 0.2) is 5.82 Å². The van der Waals surface area contributed by atoms with Gasteiger partial charge in [0.1, 0.15) is 5.82 Å². The van der Waals surface area contributed by atoms with Crippen molar-refractivity contribution in [2.75, 3.05) is 5.32 Å². The summed E-state index contributed by atoms with van der Waals surface area (Å²) in [5, 5.41) is 3.99. The van der Waals surface area contributed by atoms with E-state index in [1.54, 1.807) is 0 Å². The van der Waals surface area contributed by atoms with E-state index in [2.05, 4.69) is 10.3 Å². The van der Waals surface area contributed by atoms with Gasteiger partial charge in [0, 0.05) is 34.0 Å². The first-order valence-corrected chi connectivity index (χ1v) is 9.24. The van der Waals surface area contributed by atoms with Crippen LogP contribution in [0.15, 0.2) is 54.6 Å². The molecule has 0 spiro atoms. The Morgan fingerprint density at radius 3 is 2.56 bits per heavy atom. The molecule has 0 bridgehead atoms. The maximum Gasteiger partial charge on any atom is 0.221 e. The molecule has 136 valence electrons. The van der Waals surface area contributed by atoms with Crippen LogP contribution in [0.5, 0.6) is 0 Å². The molecule has 5 nitrogen and oxygen atoms in total. The number of carbonyl (C=O) groups excluding carboxylic acids is 1. The number of hydrogen-bond donors (Lipinski definition) is 2. The van der Waals surface area contributed by atoms with Crippen LogP contribution < -0.4 is 11.1 Å². The number of benzene rings is 2. The van der Waals surface area contributed by atoms with Crippen LogP contribution in [0.3, 0.4) is 0 Å². The Kier molecular flexibility index (Phi) is 4.77. The molecule has 2 aromatic carbocycles. The first-order chi connectivity index (χ1) is 13.1. The summed E-state index contributed by atoms with van der Waals surface area (Å²) in [4.78, 5) is 20.4. The smallest absolute Gasteiger partial charge is 0.221 e. The minimum Gasteiger partial charge on any atom is -0.369 e. The lowest BCUT2D eigenvalue weighted by molar-refractivity contribution is -0.117. The van der Waals surface area contributed by atoms with E-state index in [0.717, 1.165) is 41.2 Å². The standard InChI is InChI=1S/C21H19ClN4O/c22-16-3-1-2-15(11-16)21-25-18(14-6-7-14)12-20(26-21)24-17-8-4-13(5-9-17)10-19(23)27/h1-5,8-9,11-12,14H,6-7,10H2,(H2,23,27)(H,24,25,26). The van der Waals surface area contributed by atoms with E-state index < -0.39 is 0 Å². The van der Waals surface area contributed by atoms with Crippen LogP contribution in [0.25, 0.3) is 11.4 Å². The molecule has 3 aromatic rings. The second-order valence-electron chi connectivity index (χ2n) is 6.75. The highest BCUT2D eigenvalue weighted by Gasteiger charge is 2.26. The molecule has 0 aliphatic heterocycles. The predicted molar refractivity (Wildman–Crippen MR) is 107 cm³/mol. The first kappa shape index (κ1) is 17.5. The Balaban J connectivity index is 1.63. The lowest BCUT2D eigenvalue weighted by Gasteiger charge is -2.11. The molecule has 3 N–H and O–H groups in total. The monoisotopic (exact) mass is 378 g/mol. The summed E-state index contributed by atoms with van der Waals surface area (Å²) in [6.07, 6.45) is 2.55. The van der Waals surface area contributed by atoms with Crippen molar-refractivity contribution in [3.8, 4) is 11.4 Å². The van der Waals surface area contributed by atoms with Crippen LogP contribution in [0.2, 0.25) is 5.02 Å². The largest absolute Gasteiger partial charge is 0.369 e. The lowest BCUT2D eigenvalue weighted by atomic mass is 10.1. The van der Waals surface area contributed by atoms with Crippen molar-refractivity contribution in [2.45, 2.75) is 25.2 Å². The quantitative estimate of drug-likeness (QED) is 0.664. The zero-order chi connectivity index (χ0) is 18.8. The van der Waals surface area contributed by atoms with Gasteiger partial charge in [-0.1, -0.05) is 35.9 Å². The minimum atomic E-state index is -0.341. The number of primary amides is 1. The van der Waals surface area contributed by atoms with Gasteiger partial charge in [-0.25, -0.2) is 9.97 Å². The third kappa shape index (κ3) is 4.44. The SMILES string of the molecule is NC(=O)Cc1ccc(Nc2cc(C3CC3)nc(-c3cccc(Cl)c3)n2)cc1. The third-order valence-corrected chi connectivity index (χ3v) is 4.66. The van der Waals surface area contributed by atoms with Gasteiger partial charge in [-0.05, 0) is 42.7 Å². The molecule has 0 radical (unpaired) electrons. The fourth-order valence-corrected chi connectivity index (χ4v) is 3.12. The van der Waals surface area contributed by atoms with Gasteiger partial charge in [-0.3, -0.25) is 4.79 Å². The fourth-order valence-electron chi connectivity index (χ4n) is 2.93. The molecule has 0 saturated heterocycles. The highest BCUT2D eigenvalue weighted by atomic mass is 35.5. The van der Waals surface area contributed by atoms with Crippen LogP contribution in [0.4, 0.5) is 11.5 Å². The number of nitrogens with one attached hydrogen (secondary N) is 1. The van der Waals surface area contributed by atoms with Gasteiger partial charge < -0.3 is 11.1 Å². The second kappa shape index (κ2) is 7.37. The molecular weight excluding hydrogens is 360 g/mol. The number of anilines is 2. The second-order valence-corrected chi connectivity index (χ2v) is 7.19. The van der Waals surface area contributed by atoms with Gasteiger partial charge in [-0.15, -0.1) is 0 Å². The van der Waals surface area contributed by atoms with E-state index in [4.69, 9.17) is 22.3 Å². The average Bonchev–Trinajstić information content (AvgIpc) is 3.48. The predicted octanol–water partition coefficient (Wildman–Crippen LogP) is 4.45. The summed E-state index contributed by atoms with van der Waals surface area (Å²) in [6, 6.07) is 17.2. The molecule has 27 heavy (non-hydrogen) atoms. The summed E-state index contributed by atoms with van der Waals surface area (Å²) in [7, 11) is 0. The molecule has 1 aliphatic rings. The number of rotatable bonds is 6. The topological polar surface area (TPSA) is 80.9 Å². The number of halogens is 1. The molecule has 6 heteroatoms. The highest BCUT2D eigenvalue weighted by Crippen LogP contribution is 2.40. The molecule has 1 aromatic heterocycles. The Morgan fingerprint density at radius 1 is 1.11 bits per heavy atom. The van der Waals surface area contributed by atoms with Crippen molar-refractivity contribution in [1.82, 2.24) is 9.97 Å². The number of carbonyl (C=O) groups is 1. The van der Waals surface area contributed by atoms with E-state index in [-0.39, 0.29) is 12.3 Å². The molecule has 4 rings (SSSR count). The maximum atomic E-state index is 11.0. The van der Waals surface area contributed by atoms with E-state index in [9.17, 15) is 4.79 Å². The van der Waals surface area contributed by atoms with E-state index >= 15 is 0 Å². The molecule has 1 aliphatic carbocycles. The maximum absolute atomic E-state index is 11.0. The molecular formula is C21H19ClN4O. The molecule has 0 atom stereocenters. The summed E-state index contributed by atoms with van der Waals surface area (Å²) >= 11 is 6.13. The molecule has 1 fully saturated rings. The molecule has 1 amide bonds. The number of nitrogens with zero attached hydrogens (tertiary/aromatic N) is 2. The Labute approximate surface area is 162 Å². The Morgan fingerprint density at radius 2 is 1.89 bits per heavy atom. The highest BCUT2D eigenvalue weighted by molar-refractivity contribution is 6.30. The molecule has 0 unspecified atom stereocenters. The summed E-state index contributed by atoms with van der Waals surface area (Å²) in [5.41, 5.74) is 8.95. The minimum absolute atomic E-state index is 0.235. The van der Waals surface area contributed by atoms with Crippen molar-refractivity contribution in [1.29, 1.82) is 0 Å². The van der Waals surface area contributed by atoms with Gasteiger partial charge in [0.25, 0.3) is 0 Å². The molecule has 1 saturated carbocycles. The average molecular weight is 379 g/mol. The van der Waals surface area contributed by atoms with Crippen LogP contribution >= 0.6 is 11.6 Å². The summed E-state index contributed by atoms with van der Waals surface area (Å²) in [5.74, 6) is 1.57. The van der Waals surface area contributed by atoms with Crippen LogP contribution in [-0.2, 0) is 11.2 Å². The zero-order valence-electron chi connectivity index (χ0n) is 14.7. The van der Waals surface area contributed by atoms with Crippen LogP contribution in [0, 0.1) is 0 Å². The van der Waals surface area contributed by atoms with Crippen molar-refractivity contribution >= 4 is 29.0 Å². The fraction of sp³-hybridized carbons (Fsp3) is 0.190. The number of amides is 1. The van der Waals surface area contributed by atoms with E-state index in [1.165, 1.54) is 0 Å². The van der Waals surface area contributed by atoms with Crippen LogP contribution in [-0.4, -0.2) is 15.9 Å². The summed E-state index contributed by atoms with van der Waals surface area (Å²) in [6.45, 7) is 0. The first-order valence-electron chi connectivity index (χ1n) is 8.86. The Hall–Kier alpha value is -2.92. The van der Waals surface area contributed by atoms with Gasteiger partial charge in [0.05, 0.1) is 6.42 Å². The van der Waals surface area contributed by atoms with E-state index in [1.807, 2.05) is 54.6 Å². The van der Waals surface area contributed by atoms with E-state index in [0.29, 0.717) is 16.8 Å². The van der Waals surface area contributed by atoms with Crippen molar-refractivity contribution in [2.24, 2.45) is 5.73 Å². The van der Waals surface area contributed by atoms with Gasteiger partial charge in [-0.2, -0.15) is 0 Å². The molecule has 1 heterocycles. The van der Waals surface area contributed by atoms with Gasteiger partial charge >= 0.3 is 0 Å². The van der Waals surface area contributed by atoms with Crippen molar-refractivity contribution in [3.63, 3.8) is 0 Å². The van der Waals surface area contributed by atoms with Gasteiger partial charge in [0.2, 0.25) is 5.91 Å².